The molecule has 3 aromatic rings. The van der Waals surface area contributed by atoms with E-state index in [4.69, 9.17) is 14.2 Å². The molecule has 10 heteroatoms. The summed E-state index contributed by atoms with van der Waals surface area (Å²) in [6, 6.07) is 9.76. The Morgan fingerprint density at radius 3 is 3.00 bits per heavy atom. The number of rotatable bonds is 5. The fourth-order valence-corrected chi connectivity index (χ4v) is 4.36. The van der Waals surface area contributed by atoms with Crippen molar-refractivity contribution in [3.63, 3.8) is 0 Å². The number of aromatic amines is 1. The number of aromatic nitrogens is 4. The topological polar surface area (TPSA) is 111 Å². The lowest BCUT2D eigenvalue weighted by molar-refractivity contribution is -0.190. The summed E-state index contributed by atoms with van der Waals surface area (Å²) >= 11 is 3.31. The average Bonchev–Trinajstić information content (AvgIpc) is 3.35. The van der Waals surface area contributed by atoms with Crippen LogP contribution in [-0.4, -0.2) is 55.9 Å². The van der Waals surface area contributed by atoms with Gasteiger partial charge in [-0.05, 0) is 21.5 Å². The second-order valence-electron chi connectivity index (χ2n) is 6.89. The molecule has 2 aliphatic heterocycles. The number of fused-ring (bicyclic) bond motifs is 3. The smallest absolute Gasteiger partial charge is 0.263 e. The third-order valence-corrected chi connectivity index (χ3v) is 5.76. The van der Waals surface area contributed by atoms with Gasteiger partial charge in [0.2, 0.25) is 0 Å². The van der Waals surface area contributed by atoms with Crippen molar-refractivity contribution in [2.45, 2.75) is 30.6 Å². The van der Waals surface area contributed by atoms with Gasteiger partial charge in [0.15, 0.2) is 11.9 Å². The van der Waals surface area contributed by atoms with Crippen LogP contribution in [0.5, 0.6) is 0 Å². The molecule has 28 heavy (non-hydrogen) atoms. The molecule has 0 aliphatic carbocycles. The van der Waals surface area contributed by atoms with Crippen molar-refractivity contribution < 1.29 is 19.3 Å². The minimum absolute atomic E-state index is 0.221. The Bertz CT molecular complexity index is 1070. The van der Waals surface area contributed by atoms with Gasteiger partial charge in [0.05, 0.1) is 26.1 Å². The average molecular weight is 449 g/mol. The highest BCUT2D eigenvalue weighted by Crippen LogP contribution is 2.47. The van der Waals surface area contributed by atoms with Gasteiger partial charge in [-0.1, -0.05) is 30.3 Å². The van der Waals surface area contributed by atoms with Crippen LogP contribution in [0.25, 0.3) is 11.0 Å². The summed E-state index contributed by atoms with van der Waals surface area (Å²) in [5.41, 5.74) is 0.0855. The maximum absolute atomic E-state index is 12.1. The summed E-state index contributed by atoms with van der Waals surface area (Å²) in [6.07, 6.45) is -0.339. The van der Waals surface area contributed by atoms with Crippen LogP contribution in [0.3, 0.4) is 0 Å². The van der Waals surface area contributed by atoms with Crippen LogP contribution < -0.4 is 5.56 Å². The molecule has 0 saturated carbocycles. The SMILES string of the molecule is O=c1[nH]cnc2c1c(Br)nn2[C@@H]1O[C@@]2(CO)CO[C@@H]1[C@@H]2OCc1ccccc1. The molecule has 2 N–H and O–H groups in total. The van der Waals surface area contributed by atoms with Crippen molar-refractivity contribution in [3.05, 3.63) is 57.2 Å². The normalized spacial score (nSPS) is 29.0. The van der Waals surface area contributed by atoms with E-state index in [0.717, 1.165) is 5.56 Å². The van der Waals surface area contributed by atoms with Crippen LogP contribution in [0.1, 0.15) is 11.8 Å². The Kier molecular flexibility index (Phi) is 4.33. The minimum Gasteiger partial charge on any atom is -0.393 e. The zero-order chi connectivity index (χ0) is 19.3. The number of ether oxygens (including phenoxy) is 3. The van der Waals surface area contributed by atoms with E-state index in [-0.39, 0.29) is 18.8 Å². The van der Waals surface area contributed by atoms with Gasteiger partial charge in [0.25, 0.3) is 5.56 Å². The Balaban J connectivity index is 1.48. The highest BCUT2D eigenvalue weighted by Gasteiger charge is 2.63. The summed E-state index contributed by atoms with van der Waals surface area (Å²) in [4.78, 5) is 18.9. The summed E-state index contributed by atoms with van der Waals surface area (Å²) in [6.45, 7) is 0.330. The number of hydrogen-bond donors (Lipinski definition) is 2. The Hall–Kier alpha value is -2.11. The van der Waals surface area contributed by atoms with Crippen molar-refractivity contribution in [1.29, 1.82) is 0 Å². The van der Waals surface area contributed by atoms with Gasteiger partial charge in [-0.3, -0.25) is 4.79 Å². The number of nitrogens with zero attached hydrogens (tertiary/aromatic N) is 3. The monoisotopic (exact) mass is 448 g/mol. The molecule has 0 amide bonds. The van der Waals surface area contributed by atoms with Crippen molar-refractivity contribution in [3.8, 4) is 0 Å². The highest BCUT2D eigenvalue weighted by molar-refractivity contribution is 9.10. The van der Waals surface area contributed by atoms with E-state index in [1.54, 1.807) is 0 Å². The van der Waals surface area contributed by atoms with Gasteiger partial charge < -0.3 is 24.3 Å². The van der Waals surface area contributed by atoms with E-state index in [1.165, 1.54) is 11.0 Å². The summed E-state index contributed by atoms with van der Waals surface area (Å²) in [5, 5.41) is 14.7. The Morgan fingerprint density at radius 1 is 1.39 bits per heavy atom. The first-order valence-electron chi connectivity index (χ1n) is 8.80. The molecule has 2 aromatic heterocycles. The van der Waals surface area contributed by atoms with Gasteiger partial charge in [-0.2, -0.15) is 5.10 Å². The van der Waals surface area contributed by atoms with Crippen LogP contribution in [0, 0.1) is 0 Å². The standard InChI is InChI=1S/C18H17BrN4O5/c19-14-11-15(20-9-21-16(11)25)23(22-14)17-12-13(18(7-24,28-17)8-27-12)26-6-10-4-2-1-3-5-10/h1-5,9,12-13,17,24H,6-8H2,(H,20,21,25)/t12-,13+,17-,18+/m1/s1. The molecule has 0 unspecified atom stereocenters. The number of aliphatic hydroxyl groups excluding tert-OH is 1. The molecule has 4 heterocycles. The molecule has 2 bridgehead atoms. The lowest BCUT2D eigenvalue weighted by atomic mass is 10.00. The number of H-pyrrole nitrogens is 1. The van der Waals surface area contributed by atoms with Crippen LogP contribution >= 0.6 is 15.9 Å². The zero-order valence-electron chi connectivity index (χ0n) is 14.6. The van der Waals surface area contributed by atoms with Crippen LogP contribution in [0.4, 0.5) is 0 Å². The first-order valence-corrected chi connectivity index (χ1v) is 9.59. The van der Waals surface area contributed by atoms with Crippen molar-refractivity contribution in [2.24, 2.45) is 0 Å². The molecule has 2 fully saturated rings. The molecule has 146 valence electrons. The number of benzene rings is 1. The molecular weight excluding hydrogens is 432 g/mol. The molecule has 4 atom stereocenters. The van der Waals surface area contributed by atoms with Gasteiger partial charge in [0, 0.05) is 0 Å². The minimum atomic E-state index is -0.990. The highest BCUT2D eigenvalue weighted by atomic mass is 79.9. The van der Waals surface area contributed by atoms with Crippen molar-refractivity contribution in [2.75, 3.05) is 13.2 Å². The van der Waals surface area contributed by atoms with E-state index in [0.29, 0.717) is 22.2 Å². The second-order valence-corrected chi connectivity index (χ2v) is 7.64. The Labute approximate surface area is 167 Å². The molecule has 2 aliphatic rings. The first kappa shape index (κ1) is 18.0. The maximum atomic E-state index is 12.1. The van der Waals surface area contributed by atoms with Gasteiger partial charge in [-0.15, -0.1) is 0 Å². The van der Waals surface area contributed by atoms with Crippen LogP contribution in [-0.2, 0) is 20.8 Å². The molecule has 1 aromatic carbocycles. The van der Waals surface area contributed by atoms with Crippen molar-refractivity contribution in [1.82, 2.24) is 19.7 Å². The molecule has 0 spiro atoms. The fourth-order valence-electron chi connectivity index (χ4n) is 3.83. The number of halogens is 1. The summed E-state index contributed by atoms with van der Waals surface area (Å²) in [5.74, 6) is 0. The molecule has 0 radical (unpaired) electrons. The largest absolute Gasteiger partial charge is 0.393 e. The zero-order valence-corrected chi connectivity index (χ0v) is 16.2. The molecule has 5 rings (SSSR count). The number of hydrogen-bond acceptors (Lipinski definition) is 7. The summed E-state index contributed by atoms with van der Waals surface area (Å²) < 4.78 is 20.1. The number of aliphatic hydroxyl groups is 1. The van der Waals surface area contributed by atoms with Gasteiger partial charge in [-0.25, -0.2) is 9.67 Å². The van der Waals surface area contributed by atoms with E-state index < -0.39 is 24.0 Å². The van der Waals surface area contributed by atoms with Crippen molar-refractivity contribution >= 4 is 27.0 Å². The lowest BCUT2D eigenvalue weighted by Crippen LogP contribution is -2.45. The lowest BCUT2D eigenvalue weighted by Gasteiger charge is -2.29. The summed E-state index contributed by atoms with van der Waals surface area (Å²) in [7, 11) is 0. The van der Waals surface area contributed by atoms with Gasteiger partial charge in [0.1, 0.15) is 27.8 Å². The fraction of sp³-hybridized carbons (Fsp3) is 0.389. The molecule has 9 nitrogen and oxygen atoms in total. The number of nitrogens with one attached hydrogen (secondary N) is 1. The van der Waals surface area contributed by atoms with Crippen LogP contribution in [0.15, 0.2) is 46.1 Å². The maximum Gasteiger partial charge on any atom is 0.263 e. The first-order chi connectivity index (χ1) is 13.6. The third-order valence-electron chi connectivity index (χ3n) is 5.21. The second kappa shape index (κ2) is 6.75. The van der Waals surface area contributed by atoms with E-state index >= 15 is 0 Å². The van der Waals surface area contributed by atoms with Crippen LogP contribution in [0.2, 0.25) is 0 Å². The molecule has 2 saturated heterocycles. The van der Waals surface area contributed by atoms with E-state index in [2.05, 4.69) is 31.0 Å². The predicted molar refractivity (Wildman–Crippen MR) is 101 cm³/mol. The Morgan fingerprint density at radius 2 is 2.21 bits per heavy atom. The molecular formula is C18H17BrN4O5. The van der Waals surface area contributed by atoms with Gasteiger partial charge >= 0.3 is 0 Å². The van der Waals surface area contributed by atoms with E-state index in [1.807, 2.05) is 30.3 Å². The van der Waals surface area contributed by atoms with E-state index in [9.17, 15) is 9.90 Å². The predicted octanol–water partition coefficient (Wildman–Crippen LogP) is 1.13. The third kappa shape index (κ3) is 2.64. The quantitative estimate of drug-likeness (QED) is 0.601.